The molecular formula is C22H29N3O4S. The van der Waals surface area contributed by atoms with Crippen LogP contribution >= 0.6 is 0 Å². The third-order valence-corrected chi connectivity index (χ3v) is 6.72. The van der Waals surface area contributed by atoms with E-state index in [9.17, 15) is 18.0 Å². The first-order chi connectivity index (χ1) is 14.1. The molecule has 2 aromatic rings. The van der Waals surface area contributed by atoms with Crippen molar-refractivity contribution in [3.8, 4) is 0 Å². The molecule has 0 radical (unpaired) electrons. The maximum atomic E-state index is 12.7. The second-order valence-corrected chi connectivity index (χ2v) is 9.51. The van der Waals surface area contributed by atoms with Gasteiger partial charge in [0.2, 0.25) is 15.9 Å². The summed E-state index contributed by atoms with van der Waals surface area (Å²) in [6, 6.07) is 10.3. The van der Waals surface area contributed by atoms with Crippen molar-refractivity contribution < 1.29 is 18.0 Å². The number of benzene rings is 2. The number of carbonyl (C=O) groups is 2. The number of amides is 2. The fourth-order valence-corrected chi connectivity index (χ4v) is 4.13. The third-order valence-electron chi connectivity index (χ3n) is 4.78. The van der Waals surface area contributed by atoms with Gasteiger partial charge >= 0.3 is 0 Å². The predicted octanol–water partition coefficient (Wildman–Crippen LogP) is 3.22. The maximum Gasteiger partial charge on any atom is 0.251 e. The summed E-state index contributed by atoms with van der Waals surface area (Å²) in [5.74, 6) is -0.419. The van der Waals surface area contributed by atoms with Gasteiger partial charge in [0.25, 0.3) is 5.91 Å². The molecule has 0 aliphatic rings. The van der Waals surface area contributed by atoms with Crippen LogP contribution in [0.1, 0.15) is 46.8 Å². The van der Waals surface area contributed by atoms with E-state index in [0.29, 0.717) is 17.7 Å². The van der Waals surface area contributed by atoms with E-state index in [1.165, 1.54) is 20.2 Å². The normalized spacial score (nSPS) is 11.4. The number of nitrogens with one attached hydrogen (secondary N) is 2. The lowest BCUT2D eigenvalue weighted by molar-refractivity contribution is -0.116. The van der Waals surface area contributed by atoms with Gasteiger partial charge in [0.15, 0.2) is 0 Å². The van der Waals surface area contributed by atoms with E-state index in [1.807, 2.05) is 13.0 Å². The van der Waals surface area contributed by atoms with E-state index in [2.05, 4.69) is 10.6 Å². The molecule has 0 saturated heterocycles. The van der Waals surface area contributed by atoms with Crippen LogP contribution in [0.15, 0.2) is 41.3 Å². The van der Waals surface area contributed by atoms with Crippen LogP contribution in [-0.4, -0.2) is 38.6 Å². The number of sulfonamides is 1. The fraction of sp³-hybridized carbons (Fsp3) is 0.364. The minimum Gasteiger partial charge on any atom is -0.348 e. The number of hydrogen-bond donors (Lipinski definition) is 2. The molecule has 2 aromatic carbocycles. The lowest BCUT2D eigenvalue weighted by atomic mass is 10.1. The fourth-order valence-electron chi connectivity index (χ4n) is 2.92. The Hall–Kier alpha value is -2.71. The highest BCUT2D eigenvalue weighted by Gasteiger charge is 2.23. The molecule has 0 unspecified atom stereocenters. The second-order valence-electron chi connectivity index (χ2n) is 7.38. The van der Waals surface area contributed by atoms with Gasteiger partial charge in [-0.05, 0) is 61.2 Å². The molecule has 0 spiro atoms. The average Bonchev–Trinajstić information content (AvgIpc) is 2.68. The van der Waals surface area contributed by atoms with Gasteiger partial charge in [-0.3, -0.25) is 9.59 Å². The van der Waals surface area contributed by atoms with Gasteiger partial charge in [0, 0.05) is 38.3 Å². The van der Waals surface area contributed by atoms with Gasteiger partial charge in [0.1, 0.15) is 0 Å². The number of anilines is 1. The maximum absolute atomic E-state index is 12.7. The standard InChI is InChI=1S/C22H29N3O4S/c1-6-8-21(26)24-19-10-7-9-17(12-19)14-23-22(27)18-11-15(2)16(3)20(13-18)30(28,29)25(4)5/h7,9-13H,6,8,14H2,1-5H3,(H,23,27)(H,24,26). The Labute approximate surface area is 178 Å². The summed E-state index contributed by atoms with van der Waals surface area (Å²) in [5, 5.41) is 5.64. The van der Waals surface area contributed by atoms with Crippen molar-refractivity contribution in [2.24, 2.45) is 0 Å². The summed E-state index contributed by atoms with van der Waals surface area (Å²) < 4.78 is 26.3. The molecule has 162 valence electrons. The Morgan fingerprint density at radius 3 is 2.40 bits per heavy atom. The molecule has 0 saturated carbocycles. The van der Waals surface area contributed by atoms with Gasteiger partial charge in [-0.2, -0.15) is 0 Å². The summed E-state index contributed by atoms with van der Waals surface area (Å²) >= 11 is 0. The Bertz CT molecular complexity index is 1050. The second kappa shape index (κ2) is 9.86. The molecule has 2 N–H and O–H groups in total. The van der Waals surface area contributed by atoms with Crippen LogP contribution in [0.2, 0.25) is 0 Å². The van der Waals surface area contributed by atoms with Crippen LogP contribution in [0.5, 0.6) is 0 Å². The van der Waals surface area contributed by atoms with E-state index in [-0.39, 0.29) is 28.8 Å². The lowest BCUT2D eigenvalue weighted by Crippen LogP contribution is -2.26. The molecule has 2 rings (SSSR count). The number of carbonyl (C=O) groups excluding carboxylic acids is 2. The first-order valence-corrected chi connectivity index (χ1v) is 11.2. The van der Waals surface area contributed by atoms with Gasteiger partial charge in [0.05, 0.1) is 4.90 Å². The van der Waals surface area contributed by atoms with Gasteiger partial charge in [-0.25, -0.2) is 12.7 Å². The zero-order chi connectivity index (χ0) is 22.5. The molecule has 2 amide bonds. The van der Waals surface area contributed by atoms with Crippen molar-refractivity contribution in [1.82, 2.24) is 9.62 Å². The highest BCUT2D eigenvalue weighted by molar-refractivity contribution is 7.89. The predicted molar refractivity (Wildman–Crippen MR) is 118 cm³/mol. The van der Waals surface area contributed by atoms with Crippen LogP contribution in [0.25, 0.3) is 0 Å². The zero-order valence-electron chi connectivity index (χ0n) is 18.1. The zero-order valence-corrected chi connectivity index (χ0v) is 18.9. The molecule has 0 aromatic heterocycles. The van der Waals surface area contributed by atoms with Crippen LogP contribution in [-0.2, 0) is 21.4 Å². The summed E-state index contributed by atoms with van der Waals surface area (Å²) in [6.07, 6.45) is 1.22. The summed E-state index contributed by atoms with van der Waals surface area (Å²) in [7, 11) is -0.739. The van der Waals surface area contributed by atoms with Crippen LogP contribution in [0.4, 0.5) is 5.69 Å². The van der Waals surface area contributed by atoms with Crippen molar-refractivity contribution in [3.05, 3.63) is 58.7 Å². The number of rotatable bonds is 8. The van der Waals surface area contributed by atoms with E-state index in [0.717, 1.165) is 21.9 Å². The first kappa shape index (κ1) is 23.6. The van der Waals surface area contributed by atoms with Gasteiger partial charge < -0.3 is 10.6 Å². The van der Waals surface area contributed by atoms with Gasteiger partial charge in [-0.1, -0.05) is 19.1 Å². The molecule has 7 nitrogen and oxygen atoms in total. The van der Waals surface area contributed by atoms with Crippen LogP contribution < -0.4 is 10.6 Å². The van der Waals surface area contributed by atoms with Crippen LogP contribution in [0.3, 0.4) is 0 Å². The monoisotopic (exact) mass is 431 g/mol. The van der Waals surface area contributed by atoms with E-state index in [4.69, 9.17) is 0 Å². The first-order valence-electron chi connectivity index (χ1n) is 9.77. The smallest absolute Gasteiger partial charge is 0.251 e. The van der Waals surface area contributed by atoms with E-state index < -0.39 is 10.0 Å². The topological polar surface area (TPSA) is 95.6 Å². The Morgan fingerprint density at radius 1 is 1.07 bits per heavy atom. The summed E-state index contributed by atoms with van der Waals surface area (Å²) in [4.78, 5) is 24.6. The van der Waals surface area contributed by atoms with E-state index >= 15 is 0 Å². The molecule has 8 heteroatoms. The van der Waals surface area contributed by atoms with Crippen molar-refractivity contribution in [1.29, 1.82) is 0 Å². The van der Waals surface area contributed by atoms with E-state index in [1.54, 1.807) is 38.1 Å². The molecule has 0 heterocycles. The summed E-state index contributed by atoms with van der Waals surface area (Å²) in [5.41, 5.74) is 3.12. The molecular weight excluding hydrogens is 402 g/mol. The van der Waals surface area contributed by atoms with Crippen molar-refractivity contribution in [2.45, 2.75) is 45.1 Å². The minimum atomic E-state index is -3.66. The van der Waals surface area contributed by atoms with Crippen molar-refractivity contribution >= 4 is 27.5 Å². The quantitative estimate of drug-likeness (QED) is 0.671. The largest absolute Gasteiger partial charge is 0.348 e. The molecule has 0 fully saturated rings. The Kier molecular flexibility index (Phi) is 7.75. The molecule has 0 bridgehead atoms. The molecule has 0 aliphatic heterocycles. The highest BCUT2D eigenvalue weighted by Crippen LogP contribution is 2.23. The van der Waals surface area contributed by atoms with Crippen molar-refractivity contribution in [2.75, 3.05) is 19.4 Å². The third kappa shape index (κ3) is 5.67. The van der Waals surface area contributed by atoms with Gasteiger partial charge in [-0.15, -0.1) is 0 Å². The van der Waals surface area contributed by atoms with Crippen LogP contribution in [0, 0.1) is 13.8 Å². The number of nitrogens with zero attached hydrogens (tertiary/aromatic N) is 1. The summed E-state index contributed by atoms with van der Waals surface area (Å²) in [6.45, 7) is 5.70. The number of aryl methyl sites for hydroxylation is 1. The average molecular weight is 432 g/mol. The molecule has 0 aliphatic carbocycles. The Balaban J connectivity index is 2.18. The Morgan fingerprint density at radius 2 is 1.77 bits per heavy atom. The molecule has 30 heavy (non-hydrogen) atoms. The molecule has 0 atom stereocenters. The minimum absolute atomic E-state index is 0.0524. The SMILES string of the molecule is CCCC(=O)Nc1cccc(CNC(=O)c2cc(C)c(C)c(S(=O)(=O)N(C)C)c2)c1. The highest BCUT2D eigenvalue weighted by atomic mass is 32.2. The van der Waals surface area contributed by atoms with Crippen molar-refractivity contribution in [3.63, 3.8) is 0 Å². The lowest BCUT2D eigenvalue weighted by Gasteiger charge is -2.16. The number of hydrogen-bond acceptors (Lipinski definition) is 4.